The van der Waals surface area contributed by atoms with E-state index >= 15 is 0 Å². The Bertz CT molecular complexity index is 1190. The number of nitrogens with one attached hydrogen (secondary N) is 1. The van der Waals surface area contributed by atoms with Crippen molar-refractivity contribution in [3.63, 3.8) is 0 Å². The quantitative estimate of drug-likeness (QED) is 0.372. The Morgan fingerprint density at radius 3 is 2.47 bits per heavy atom. The van der Waals surface area contributed by atoms with Crippen LogP contribution in [0.1, 0.15) is 6.92 Å². The summed E-state index contributed by atoms with van der Waals surface area (Å²) in [4.78, 5) is 8.25. The molecule has 1 N–H and O–H groups in total. The fourth-order valence-electron chi connectivity index (χ4n) is 3.24. The van der Waals surface area contributed by atoms with E-state index in [9.17, 15) is 4.21 Å². The second-order valence-electron chi connectivity index (χ2n) is 7.23. The van der Waals surface area contributed by atoms with E-state index in [4.69, 9.17) is 18.6 Å². The number of nitrogens with zero attached hydrogens (tertiary/aromatic N) is 1. The first kappa shape index (κ1) is 21.9. The first-order chi connectivity index (χ1) is 15.5. The van der Waals surface area contributed by atoms with Crippen molar-refractivity contribution in [2.75, 3.05) is 20.0 Å². The predicted octanol–water partition coefficient (Wildman–Crippen LogP) is 5.28. The van der Waals surface area contributed by atoms with Crippen LogP contribution in [0.4, 0.5) is 0 Å². The monoisotopic (exact) mass is 452 g/mol. The van der Waals surface area contributed by atoms with Gasteiger partial charge in [-0.15, -0.1) is 0 Å². The summed E-state index contributed by atoms with van der Waals surface area (Å²) in [5, 5.41) is 0. The van der Waals surface area contributed by atoms with Crippen LogP contribution < -0.4 is 9.47 Å². The summed E-state index contributed by atoms with van der Waals surface area (Å²) >= 11 is 0. The molecule has 0 radical (unpaired) electrons. The van der Waals surface area contributed by atoms with Gasteiger partial charge >= 0.3 is 0 Å². The molecule has 0 unspecified atom stereocenters. The van der Waals surface area contributed by atoms with E-state index in [2.05, 4.69) is 9.97 Å². The van der Waals surface area contributed by atoms with Gasteiger partial charge in [-0.25, -0.2) is 4.98 Å². The Labute approximate surface area is 188 Å². The van der Waals surface area contributed by atoms with Gasteiger partial charge in [-0.3, -0.25) is 4.21 Å². The SMILES string of the molecule is COC[C@H](C)Oc1cc(Oc2ccc([S@@](C)=O)cc2)cc(-c2ccc(-c3ncco3)[nH]2)c1. The Kier molecular flexibility index (Phi) is 6.72. The highest BCUT2D eigenvalue weighted by atomic mass is 32.2. The number of rotatable bonds is 9. The van der Waals surface area contributed by atoms with Gasteiger partial charge in [0, 0.05) is 46.4 Å². The molecule has 8 heteroatoms. The van der Waals surface area contributed by atoms with Gasteiger partial charge in [0.2, 0.25) is 5.89 Å². The Morgan fingerprint density at radius 1 is 1.03 bits per heavy atom. The Balaban J connectivity index is 1.65. The van der Waals surface area contributed by atoms with E-state index in [1.807, 2.05) is 37.3 Å². The second-order valence-corrected chi connectivity index (χ2v) is 8.61. The zero-order valence-electron chi connectivity index (χ0n) is 18.0. The summed E-state index contributed by atoms with van der Waals surface area (Å²) in [7, 11) is 0.600. The molecule has 166 valence electrons. The van der Waals surface area contributed by atoms with E-state index in [-0.39, 0.29) is 6.10 Å². The molecule has 0 aliphatic rings. The number of H-pyrrole nitrogens is 1. The van der Waals surface area contributed by atoms with Crippen LogP contribution in [0.15, 0.2) is 76.4 Å². The molecule has 4 aromatic rings. The lowest BCUT2D eigenvalue weighted by molar-refractivity contribution is 0.0920. The highest BCUT2D eigenvalue weighted by Gasteiger charge is 2.12. The average Bonchev–Trinajstić information content (AvgIpc) is 3.46. The van der Waals surface area contributed by atoms with Crippen LogP contribution >= 0.6 is 0 Å². The summed E-state index contributed by atoms with van der Waals surface area (Å²) in [6.07, 6.45) is 4.65. The van der Waals surface area contributed by atoms with Crippen LogP contribution in [0.2, 0.25) is 0 Å². The highest BCUT2D eigenvalue weighted by molar-refractivity contribution is 7.84. The summed E-state index contributed by atoms with van der Waals surface area (Å²) in [6, 6.07) is 16.7. The summed E-state index contributed by atoms with van der Waals surface area (Å²) in [6.45, 7) is 2.41. The Morgan fingerprint density at radius 2 is 1.78 bits per heavy atom. The topological polar surface area (TPSA) is 86.6 Å². The van der Waals surface area contributed by atoms with Gasteiger partial charge in [-0.1, -0.05) is 0 Å². The van der Waals surface area contributed by atoms with Gasteiger partial charge < -0.3 is 23.6 Å². The predicted molar refractivity (Wildman–Crippen MR) is 123 cm³/mol. The minimum atomic E-state index is -1.04. The smallest absolute Gasteiger partial charge is 0.242 e. The highest BCUT2D eigenvalue weighted by Crippen LogP contribution is 2.34. The molecule has 2 heterocycles. The van der Waals surface area contributed by atoms with Crippen LogP contribution in [-0.2, 0) is 15.5 Å². The van der Waals surface area contributed by atoms with Crippen molar-refractivity contribution >= 4 is 10.8 Å². The van der Waals surface area contributed by atoms with Gasteiger partial charge in [0.15, 0.2) is 0 Å². The molecule has 0 amide bonds. The van der Waals surface area contributed by atoms with Gasteiger partial charge in [0.25, 0.3) is 0 Å². The van der Waals surface area contributed by atoms with Crippen LogP contribution in [0.5, 0.6) is 17.2 Å². The maximum absolute atomic E-state index is 11.6. The third kappa shape index (κ3) is 5.27. The molecule has 7 nitrogen and oxygen atoms in total. The summed E-state index contributed by atoms with van der Waals surface area (Å²) in [5.41, 5.74) is 2.52. The molecule has 0 bridgehead atoms. The van der Waals surface area contributed by atoms with Crippen molar-refractivity contribution in [1.29, 1.82) is 0 Å². The molecule has 32 heavy (non-hydrogen) atoms. The number of oxazole rings is 1. The molecule has 4 rings (SSSR count). The molecular weight excluding hydrogens is 428 g/mol. The first-order valence-electron chi connectivity index (χ1n) is 10.0. The van der Waals surface area contributed by atoms with Crippen molar-refractivity contribution < 1.29 is 22.8 Å². The largest absolute Gasteiger partial charge is 0.488 e. The van der Waals surface area contributed by atoms with E-state index in [1.54, 1.807) is 43.8 Å². The van der Waals surface area contributed by atoms with Crippen LogP contribution in [0.3, 0.4) is 0 Å². The molecule has 0 spiro atoms. The lowest BCUT2D eigenvalue weighted by Crippen LogP contribution is -2.17. The number of methoxy groups -OCH3 is 1. The number of ether oxygens (including phenoxy) is 3. The van der Waals surface area contributed by atoms with Gasteiger partial charge in [0.05, 0.1) is 12.8 Å². The lowest BCUT2D eigenvalue weighted by atomic mass is 10.1. The van der Waals surface area contributed by atoms with Gasteiger partial charge in [-0.2, -0.15) is 0 Å². The molecule has 0 saturated heterocycles. The molecule has 0 aliphatic heterocycles. The van der Waals surface area contributed by atoms with Crippen LogP contribution in [0, 0.1) is 0 Å². The van der Waals surface area contributed by atoms with Crippen molar-refractivity contribution in [3.05, 3.63) is 67.1 Å². The number of benzene rings is 2. The molecular formula is C24H24N2O5S. The Hall–Kier alpha value is -3.36. The van der Waals surface area contributed by atoms with Crippen LogP contribution in [-0.4, -0.2) is 40.3 Å². The number of hydrogen-bond donors (Lipinski definition) is 1. The summed E-state index contributed by atoms with van der Waals surface area (Å²) in [5.74, 6) is 2.42. The number of hydrogen-bond acceptors (Lipinski definition) is 6. The van der Waals surface area contributed by atoms with E-state index in [0.29, 0.717) is 29.7 Å². The number of aromatic nitrogens is 2. The fourth-order valence-corrected chi connectivity index (χ4v) is 3.75. The van der Waals surface area contributed by atoms with Gasteiger partial charge in [0.1, 0.15) is 35.3 Å². The minimum absolute atomic E-state index is 0.131. The maximum atomic E-state index is 11.6. The molecule has 0 aliphatic carbocycles. The lowest BCUT2D eigenvalue weighted by Gasteiger charge is -2.16. The molecule has 2 aromatic heterocycles. The van der Waals surface area contributed by atoms with Gasteiger partial charge in [-0.05, 0) is 55.5 Å². The van der Waals surface area contributed by atoms with Crippen molar-refractivity contribution in [1.82, 2.24) is 9.97 Å². The standard InChI is InChI=1S/C24H24N2O5S/c1-16(15-28-2)30-19-12-17(22-8-9-23(26-22)24-25-10-11-29-24)13-20(14-19)31-18-4-6-21(7-5-18)32(3)27/h4-14,16,26H,15H2,1-3H3/t16-,32+/m0/s1. The van der Waals surface area contributed by atoms with E-state index in [0.717, 1.165) is 21.8 Å². The fraction of sp³-hybridized carbons (Fsp3) is 0.208. The van der Waals surface area contributed by atoms with Crippen LogP contribution in [0.25, 0.3) is 22.8 Å². The first-order valence-corrected chi connectivity index (χ1v) is 11.6. The van der Waals surface area contributed by atoms with Crippen molar-refractivity contribution in [3.8, 4) is 40.1 Å². The zero-order valence-corrected chi connectivity index (χ0v) is 18.8. The van der Waals surface area contributed by atoms with E-state index in [1.165, 1.54) is 6.26 Å². The third-order valence-electron chi connectivity index (χ3n) is 4.67. The normalized spacial score (nSPS) is 13.0. The zero-order chi connectivity index (χ0) is 22.5. The maximum Gasteiger partial charge on any atom is 0.242 e. The molecule has 0 saturated carbocycles. The average molecular weight is 453 g/mol. The third-order valence-corrected chi connectivity index (χ3v) is 5.61. The molecule has 2 aromatic carbocycles. The van der Waals surface area contributed by atoms with Crippen molar-refractivity contribution in [2.24, 2.45) is 0 Å². The molecule has 0 fully saturated rings. The van der Waals surface area contributed by atoms with E-state index < -0.39 is 10.8 Å². The summed E-state index contributed by atoms with van der Waals surface area (Å²) < 4.78 is 34.3. The second kappa shape index (κ2) is 9.84. The minimum Gasteiger partial charge on any atom is -0.488 e. The molecule has 2 atom stereocenters. The van der Waals surface area contributed by atoms with Crippen molar-refractivity contribution in [2.45, 2.75) is 17.9 Å². The number of aromatic amines is 1.